The van der Waals surface area contributed by atoms with E-state index in [0.29, 0.717) is 12.5 Å². The Kier molecular flexibility index (Phi) is 6.69. The zero-order valence-corrected chi connectivity index (χ0v) is 11.4. The van der Waals surface area contributed by atoms with E-state index in [2.05, 4.69) is 34.1 Å². The first kappa shape index (κ1) is 13.7. The van der Waals surface area contributed by atoms with Gasteiger partial charge < -0.3 is 10.5 Å². The van der Waals surface area contributed by atoms with Crippen LogP contribution < -0.4 is 5.73 Å². The maximum Gasteiger partial charge on any atom is 0.0466 e. The van der Waals surface area contributed by atoms with Crippen molar-refractivity contribution in [2.24, 2.45) is 5.73 Å². The molecule has 0 aliphatic rings. The lowest BCUT2D eigenvalue weighted by Crippen LogP contribution is -2.13. The molecular weight excluding hydrogens is 266 g/mol. The van der Waals surface area contributed by atoms with E-state index >= 15 is 0 Å². The predicted molar refractivity (Wildman–Crippen MR) is 71.7 cm³/mol. The summed E-state index contributed by atoms with van der Waals surface area (Å²) in [6.45, 7) is 4.34. The topological polar surface area (TPSA) is 35.2 Å². The van der Waals surface area contributed by atoms with Crippen LogP contribution in [0, 0.1) is 0 Å². The Hall–Kier alpha value is -0.380. The van der Waals surface area contributed by atoms with E-state index in [4.69, 9.17) is 10.5 Å². The third kappa shape index (κ3) is 4.24. The lowest BCUT2D eigenvalue weighted by Gasteiger charge is -2.16. The van der Waals surface area contributed by atoms with Crippen molar-refractivity contribution in [1.82, 2.24) is 0 Å². The summed E-state index contributed by atoms with van der Waals surface area (Å²) in [6, 6.07) is 8.30. The summed E-state index contributed by atoms with van der Waals surface area (Å²) in [5, 5.41) is 0. The number of benzene rings is 1. The minimum absolute atomic E-state index is 0.427. The van der Waals surface area contributed by atoms with Gasteiger partial charge in [0.25, 0.3) is 0 Å². The molecule has 0 radical (unpaired) electrons. The fraction of sp³-hybridized carbons (Fsp3) is 0.538. The Labute approximate surface area is 106 Å². The molecule has 0 bridgehead atoms. The largest absolute Gasteiger partial charge is 0.382 e. The van der Waals surface area contributed by atoms with Crippen molar-refractivity contribution in [2.75, 3.05) is 19.8 Å². The highest BCUT2D eigenvalue weighted by molar-refractivity contribution is 9.10. The van der Waals surface area contributed by atoms with Crippen LogP contribution in [0.15, 0.2) is 28.7 Å². The van der Waals surface area contributed by atoms with Crippen LogP contribution in [0.2, 0.25) is 0 Å². The molecule has 16 heavy (non-hydrogen) atoms. The second-order valence-electron chi connectivity index (χ2n) is 3.79. The van der Waals surface area contributed by atoms with Crippen LogP contribution >= 0.6 is 15.9 Å². The van der Waals surface area contributed by atoms with Crippen LogP contribution in [-0.2, 0) is 4.74 Å². The van der Waals surface area contributed by atoms with E-state index in [-0.39, 0.29) is 0 Å². The van der Waals surface area contributed by atoms with Crippen LogP contribution in [-0.4, -0.2) is 19.8 Å². The Morgan fingerprint density at radius 1 is 1.38 bits per heavy atom. The van der Waals surface area contributed by atoms with Crippen LogP contribution in [0.1, 0.15) is 31.2 Å². The highest BCUT2D eigenvalue weighted by Crippen LogP contribution is 2.27. The zero-order valence-electron chi connectivity index (χ0n) is 9.79. The molecule has 1 unspecified atom stereocenters. The molecule has 0 aromatic heterocycles. The molecule has 2 N–H and O–H groups in total. The quantitative estimate of drug-likeness (QED) is 0.780. The van der Waals surface area contributed by atoms with Gasteiger partial charge in [0.2, 0.25) is 0 Å². The molecule has 0 saturated heterocycles. The number of rotatable bonds is 7. The molecule has 90 valence electrons. The molecule has 0 aliphatic carbocycles. The summed E-state index contributed by atoms with van der Waals surface area (Å²) in [5.41, 5.74) is 7.13. The minimum Gasteiger partial charge on any atom is -0.382 e. The van der Waals surface area contributed by atoms with Gasteiger partial charge in [-0.3, -0.25) is 0 Å². The fourth-order valence-electron chi connectivity index (χ4n) is 1.78. The molecule has 1 rings (SSSR count). The second kappa shape index (κ2) is 7.82. The highest BCUT2D eigenvalue weighted by Gasteiger charge is 2.11. The lowest BCUT2D eigenvalue weighted by atomic mass is 9.94. The van der Waals surface area contributed by atoms with Gasteiger partial charge >= 0.3 is 0 Å². The molecule has 0 saturated carbocycles. The van der Waals surface area contributed by atoms with Crippen LogP contribution in [0.4, 0.5) is 0 Å². The number of hydrogen-bond acceptors (Lipinski definition) is 2. The Bertz CT molecular complexity index is 304. The Balaban J connectivity index is 2.51. The molecule has 0 spiro atoms. The summed E-state index contributed by atoms with van der Waals surface area (Å²) in [7, 11) is 0. The Morgan fingerprint density at radius 2 is 2.12 bits per heavy atom. The molecule has 3 heteroatoms. The lowest BCUT2D eigenvalue weighted by molar-refractivity contribution is 0.142. The first-order valence-electron chi connectivity index (χ1n) is 5.81. The van der Waals surface area contributed by atoms with Gasteiger partial charge in [-0.15, -0.1) is 0 Å². The molecule has 0 heterocycles. The van der Waals surface area contributed by atoms with Crippen molar-refractivity contribution in [2.45, 2.75) is 25.7 Å². The van der Waals surface area contributed by atoms with Gasteiger partial charge in [-0.25, -0.2) is 0 Å². The molecule has 1 aromatic carbocycles. The van der Waals surface area contributed by atoms with E-state index in [9.17, 15) is 0 Å². The number of nitrogens with two attached hydrogens (primary N) is 1. The standard InChI is InChI=1S/C13H20BrNO/c1-2-16-9-5-6-11(10-15)12-7-3-4-8-13(12)14/h3-4,7-8,11H,2,5-6,9-10,15H2,1H3. The first-order chi connectivity index (χ1) is 7.79. The maximum absolute atomic E-state index is 5.83. The second-order valence-corrected chi connectivity index (χ2v) is 4.65. The van der Waals surface area contributed by atoms with Crippen LogP contribution in [0.3, 0.4) is 0 Å². The van der Waals surface area contributed by atoms with E-state index < -0.39 is 0 Å². The average Bonchev–Trinajstić information content (AvgIpc) is 2.31. The third-order valence-electron chi connectivity index (χ3n) is 2.67. The van der Waals surface area contributed by atoms with E-state index in [1.54, 1.807) is 0 Å². The molecule has 0 amide bonds. The summed E-state index contributed by atoms with van der Waals surface area (Å²) >= 11 is 3.57. The smallest absolute Gasteiger partial charge is 0.0466 e. The van der Waals surface area contributed by atoms with E-state index in [0.717, 1.165) is 30.5 Å². The normalized spacial score (nSPS) is 12.7. The van der Waals surface area contributed by atoms with Gasteiger partial charge in [0.15, 0.2) is 0 Å². The van der Waals surface area contributed by atoms with E-state index in [1.165, 1.54) is 5.56 Å². The van der Waals surface area contributed by atoms with Gasteiger partial charge in [-0.05, 0) is 43.9 Å². The summed E-state index contributed by atoms with van der Waals surface area (Å²) in [4.78, 5) is 0. The van der Waals surface area contributed by atoms with Gasteiger partial charge in [0.1, 0.15) is 0 Å². The van der Waals surface area contributed by atoms with Crippen molar-refractivity contribution in [3.63, 3.8) is 0 Å². The van der Waals surface area contributed by atoms with Crippen LogP contribution in [0.25, 0.3) is 0 Å². The summed E-state index contributed by atoms with van der Waals surface area (Å²) < 4.78 is 6.50. The Morgan fingerprint density at radius 3 is 2.75 bits per heavy atom. The van der Waals surface area contributed by atoms with Gasteiger partial charge in [-0.1, -0.05) is 34.1 Å². The third-order valence-corrected chi connectivity index (χ3v) is 3.40. The van der Waals surface area contributed by atoms with Crippen molar-refractivity contribution >= 4 is 15.9 Å². The molecule has 0 fully saturated rings. The molecular formula is C13H20BrNO. The first-order valence-corrected chi connectivity index (χ1v) is 6.61. The van der Waals surface area contributed by atoms with Crippen molar-refractivity contribution in [1.29, 1.82) is 0 Å². The summed E-state index contributed by atoms with van der Waals surface area (Å²) in [6.07, 6.45) is 2.15. The van der Waals surface area contributed by atoms with Crippen molar-refractivity contribution < 1.29 is 4.74 Å². The van der Waals surface area contributed by atoms with Gasteiger partial charge in [-0.2, -0.15) is 0 Å². The van der Waals surface area contributed by atoms with Crippen molar-refractivity contribution in [3.05, 3.63) is 34.3 Å². The molecule has 2 nitrogen and oxygen atoms in total. The number of halogens is 1. The minimum atomic E-state index is 0.427. The highest BCUT2D eigenvalue weighted by atomic mass is 79.9. The number of hydrogen-bond donors (Lipinski definition) is 1. The van der Waals surface area contributed by atoms with Gasteiger partial charge in [0.05, 0.1) is 0 Å². The van der Waals surface area contributed by atoms with Crippen molar-refractivity contribution in [3.8, 4) is 0 Å². The SMILES string of the molecule is CCOCCCC(CN)c1ccccc1Br. The average molecular weight is 286 g/mol. The summed E-state index contributed by atoms with van der Waals surface area (Å²) in [5.74, 6) is 0.427. The van der Waals surface area contributed by atoms with Gasteiger partial charge in [0, 0.05) is 17.7 Å². The number of ether oxygens (including phenoxy) is 1. The fourth-order valence-corrected chi connectivity index (χ4v) is 2.39. The zero-order chi connectivity index (χ0) is 11.8. The molecule has 1 atom stereocenters. The monoisotopic (exact) mass is 285 g/mol. The van der Waals surface area contributed by atoms with Crippen LogP contribution in [0.5, 0.6) is 0 Å². The molecule has 1 aromatic rings. The molecule has 0 aliphatic heterocycles. The predicted octanol–water partition coefficient (Wildman–Crippen LogP) is 3.31. The van der Waals surface area contributed by atoms with E-state index in [1.807, 2.05) is 13.0 Å². The maximum atomic E-state index is 5.83.